The van der Waals surface area contributed by atoms with Crippen molar-refractivity contribution in [3.05, 3.63) is 0 Å². The normalized spacial score (nSPS) is 14.7. The highest BCUT2D eigenvalue weighted by molar-refractivity contribution is 5.73. The van der Waals surface area contributed by atoms with Crippen LogP contribution in [-0.2, 0) is 19.1 Å². The second-order valence-electron chi connectivity index (χ2n) is 7.85. The van der Waals surface area contributed by atoms with Crippen molar-refractivity contribution in [2.75, 3.05) is 27.2 Å². The molecule has 0 heterocycles. The third kappa shape index (κ3) is 13.2. The third-order valence-electron chi connectivity index (χ3n) is 4.46. The second-order valence-corrected chi connectivity index (χ2v) is 7.85. The molecule has 0 amide bonds. The molecule has 0 aromatic heterocycles. The minimum atomic E-state index is -0.408. The van der Waals surface area contributed by atoms with Crippen LogP contribution in [0.2, 0.25) is 0 Å². The molecule has 0 saturated heterocycles. The van der Waals surface area contributed by atoms with E-state index < -0.39 is 6.10 Å². The molecular formula is C21H41NO4. The molecule has 0 spiro atoms. The van der Waals surface area contributed by atoms with Crippen molar-refractivity contribution in [3.63, 3.8) is 0 Å². The molecule has 154 valence electrons. The average Bonchev–Trinajstić information content (AvgIpc) is 2.57. The monoisotopic (exact) mass is 371 g/mol. The first kappa shape index (κ1) is 24.9. The maximum Gasteiger partial charge on any atom is 0.310 e. The van der Waals surface area contributed by atoms with E-state index >= 15 is 0 Å². The van der Waals surface area contributed by atoms with Gasteiger partial charge in [0.1, 0.15) is 12.7 Å². The van der Waals surface area contributed by atoms with E-state index in [0.717, 1.165) is 12.8 Å². The summed E-state index contributed by atoms with van der Waals surface area (Å²) >= 11 is 0. The van der Waals surface area contributed by atoms with Gasteiger partial charge in [-0.15, -0.1) is 0 Å². The fraction of sp³-hybridized carbons (Fsp3) is 0.905. The minimum absolute atomic E-state index is 0.101. The molecule has 0 aromatic rings. The van der Waals surface area contributed by atoms with Crippen molar-refractivity contribution in [2.24, 2.45) is 11.8 Å². The summed E-state index contributed by atoms with van der Waals surface area (Å²) in [7, 11) is 3.83. The number of hydrogen-bond donors (Lipinski definition) is 0. The Kier molecular flexibility index (Phi) is 14.4. The molecule has 3 unspecified atom stereocenters. The molecule has 5 nitrogen and oxygen atoms in total. The van der Waals surface area contributed by atoms with E-state index in [2.05, 4.69) is 6.92 Å². The molecule has 0 saturated carbocycles. The fourth-order valence-electron chi connectivity index (χ4n) is 2.84. The van der Waals surface area contributed by atoms with Crippen LogP contribution in [0, 0.1) is 11.8 Å². The molecule has 0 bridgehead atoms. The summed E-state index contributed by atoms with van der Waals surface area (Å²) in [6.45, 7) is 8.50. The van der Waals surface area contributed by atoms with Crippen LogP contribution in [0.5, 0.6) is 0 Å². The molecule has 0 rings (SSSR count). The van der Waals surface area contributed by atoms with Crippen molar-refractivity contribution in [3.8, 4) is 0 Å². The van der Waals surface area contributed by atoms with Gasteiger partial charge in [-0.1, -0.05) is 65.7 Å². The van der Waals surface area contributed by atoms with Gasteiger partial charge in [0, 0.05) is 6.54 Å². The Labute approximate surface area is 160 Å². The van der Waals surface area contributed by atoms with Crippen molar-refractivity contribution < 1.29 is 19.1 Å². The van der Waals surface area contributed by atoms with Gasteiger partial charge >= 0.3 is 11.9 Å². The number of ether oxygens (including phenoxy) is 2. The highest BCUT2D eigenvalue weighted by Crippen LogP contribution is 2.14. The van der Waals surface area contributed by atoms with Crippen LogP contribution in [0.25, 0.3) is 0 Å². The molecule has 0 aliphatic heterocycles. The number of carbonyl (C=O) groups is 2. The van der Waals surface area contributed by atoms with E-state index in [-0.39, 0.29) is 30.4 Å². The lowest BCUT2D eigenvalue weighted by atomic mass is 10.0. The van der Waals surface area contributed by atoms with Gasteiger partial charge in [0.25, 0.3) is 0 Å². The fourth-order valence-corrected chi connectivity index (χ4v) is 2.84. The molecule has 0 N–H and O–H groups in total. The SMILES string of the molecule is CCCCCCCCCC(C)C(=O)OC(C)COC(=O)C(C)CN(C)C. The summed E-state index contributed by atoms with van der Waals surface area (Å²) in [6, 6.07) is 0. The zero-order chi connectivity index (χ0) is 19.9. The van der Waals surface area contributed by atoms with Crippen LogP contribution >= 0.6 is 0 Å². The number of unbranched alkanes of at least 4 members (excludes halogenated alkanes) is 6. The van der Waals surface area contributed by atoms with Gasteiger partial charge < -0.3 is 14.4 Å². The first-order valence-electron chi connectivity index (χ1n) is 10.3. The van der Waals surface area contributed by atoms with Crippen LogP contribution in [0.1, 0.15) is 79.1 Å². The number of nitrogens with zero attached hydrogens (tertiary/aromatic N) is 1. The average molecular weight is 372 g/mol. The molecule has 3 atom stereocenters. The van der Waals surface area contributed by atoms with E-state index in [1.807, 2.05) is 32.8 Å². The van der Waals surface area contributed by atoms with Gasteiger partial charge in [-0.05, 0) is 27.4 Å². The lowest BCUT2D eigenvalue weighted by molar-refractivity contribution is -0.162. The van der Waals surface area contributed by atoms with Gasteiger partial charge in [-0.3, -0.25) is 9.59 Å². The summed E-state index contributed by atoms with van der Waals surface area (Å²) in [5.74, 6) is -0.737. The van der Waals surface area contributed by atoms with Crippen LogP contribution in [-0.4, -0.2) is 50.2 Å². The van der Waals surface area contributed by atoms with Crippen LogP contribution in [0.4, 0.5) is 0 Å². The highest BCUT2D eigenvalue weighted by Gasteiger charge is 2.20. The summed E-state index contributed by atoms with van der Waals surface area (Å²) in [5, 5.41) is 0. The van der Waals surface area contributed by atoms with Crippen LogP contribution < -0.4 is 0 Å². The largest absolute Gasteiger partial charge is 0.462 e. The van der Waals surface area contributed by atoms with E-state index in [9.17, 15) is 9.59 Å². The van der Waals surface area contributed by atoms with Gasteiger partial charge in [0.2, 0.25) is 0 Å². The molecule has 0 radical (unpaired) electrons. The Morgan fingerprint density at radius 2 is 1.42 bits per heavy atom. The molecule has 5 heteroatoms. The maximum atomic E-state index is 12.1. The maximum absolute atomic E-state index is 12.1. The van der Waals surface area contributed by atoms with E-state index in [1.54, 1.807) is 6.92 Å². The van der Waals surface area contributed by atoms with Crippen LogP contribution in [0.15, 0.2) is 0 Å². The van der Waals surface area contributed by atoms with Crippen molar-refractivity contribution >= 4 is 11.9 Å². The van der Waals surface area contributed by atoms with Gasteiger partial charge in [-0.25, -0.2) is 0 Å². The zero-order valence-corrected chi connectivity index (χ0v) is 17.9. The third-order valence-corrected chi connectivity index (χ3v) is 4.46. The standard InChI is InChI=1S/C21H41NO4/c1-7-8-9-10-11-12-13-14-17(2)21(24)26-19(4)16-25-20(23)18(3)15-22(5)6/h17-19H,7-16H2,1-6H3. The molecule has 26 heavy (non-hydrogen) atoms. The van der Waals surface area contributed by atoms with Crippen molar-refractivity contribution in [2.45, 2.75) is 85.2 Å². The van der Waals surface area contributed by atoms with Gasteiger partial charge in [-0.2, -0.15) is 0 Å². The number of rotatable bonds is 15. The number of esters is 2. The van der Waals surface area contributed by atoms with E-state index in [4.69, 9.17) is 9.47 Å². The molecular weight excluding hydrogens is 330 g/mol. The van der Waals surface area contributed by atoms with Gasteiger partial charge in [0.05, 0.1) is 11.8 Å². The smallest absolute Gasteiger partial charge is 0.310 e. The Morgan fingerprint density at radius 1 is 0.846 bits per heavy atom. The molecule has 0 fully saturated rings. The predicted octanol–water partition coefficient (Wildman–Crippen LogP) is 4.44. The highest BCUT2D eigenvalue weighted by atomic mass is 16.6. The summed E-state index contributed by atoms with van der Waals surface area (Å²) in [5.41, 5.74) is 0. The summed E-state index contributed by atoms with van der Waals surface area (Å²) < 4.78 is 10.7. The van der Waals surface area contributed by atoms with E-state index in [0.29, 0.717) is 6.54 Å². The summed E-state index contributed by atoms with van der Waals surface area (Å²) in [6.07, 6.45) is 9.14. The van der Waals surface area contributed by atoms with Crippen LogP contribution in [0.3, 0.4) is 0 Å². The zero-order valence-electron chi connectivity index (χ0n) is 17.9. The molecule has 0 aliphatic rings. The first-order valence-corrected chi connectivity index (χ1v) is 10.3. The molecule has 0 aromatic carbocycles. The van der Waals surface area contributed by atoms with Crippen molar-refractivity contribution in [1.29, 1.82) is 0 Å². The Bertz CT molecular complexity index is 384. The van der Waals surface area contributed by atoms with Gasteiger partial charge in [0.15, 0.2) is 0 Å². The quantitative estimate of drug-likeness (QED) is 0.315. The van der Waals surface area contributed by atoms with Crippen molar-refractivity contribution in [1.82, 2.24) is 4.90 Å². The second kappa shape index (κ2) is 15.0. The predicted molar refractivity (Wildman–Crippen MR) is 106 cm³/mol. The number of carbonyl (C=O) groups excluding carboxylic acids is 2. The molecule has 0 aliphatic carbocycles. The Morgan fingerprint density at radius 3 is 2.00 bits per heavy atom. The lowest BCUT2D eigenvalue weighted by Crippen LogP contribution is -2.30. The first-order chi connectivity index (χ1) is 12.3. The number of hydrogen-bond acceptors (Lipinski definition) is 5. The minimum Gasteiger partial charge on any atom is -0.462 e. The van der Waals surface area contributed by atoms with E-state index in [1.165, 1.54) is 38.5 Å². The summed E-state index contributed by atoms with van der Waals surface area (Å²) in [4.78, 5) is 25.9. The topological polar surface area (TPSA) is 55.8 Å². The lowest BCUT2D eigenvalue weighted by Gasteiger charge is -2.19. The Hall–Kier alpha value is -1.10. The Balaban J connectivity index is 3.87.